The van der Waals surface area contributed by atoms with Crippen LogP contribution in [0.3, 0.4) is 0 Å². The highest BCUT2D eigenvalue weighted by Crippen LogP contribution is 2.35. The average Bonchev–Trinajstić information content (AvgIpc) is 3.04. The molecular formula is C27H37N5S3. The third-order valence-electron chi connectivity index (χ3n) is 5.18. The average molecular weight is 528 g/mol. The summed E-state index contributed by atoms with van der Waals surface area (Å²) >= 11 is 7.58. The fraction of sp³-hybridized carbons (Fsp3) is 0.333. The van der Waals surface area contributed by atoms with Crippen LogP contribution in [0.4, 0.5) is 5.69 Å². The number of nitrogens with two attached hydrogens (primary N) is 2. The van der Waals surface area contributed by atoms with E-state index in [1.807, 2.05) is 23.8 Å². The molecule has 6 N–H and O–H groups in total. The predicted molar refractivity (Wildman–Crippen MR) is 163 cm³/mol. The molecule has 35 heavy (non-hydrogen) atoms. The van der Waals surface area contributed by atoms with Gasteiger partial charge in [0.25, 0.3) is 0 Å². The van der Waals surface area contributed by atoms with Gasteiger partial charge in [-0.15, -0.1) is 24.4 Å². The number of anilines is 1. The van der Waals surface area contributed by atoms with Gasteiger partial charge < -0.3 is 16.8 Å². The van der Waals surface area contributed by atoms with E-state index in [0.717, 1.165) is 46.0 Å². The van der Waals surface area contributed by atoms with Gasteiger partial charge in [-0.1, -0.05) is 62.2 Å². The summed E-state index contributed by atoms with van der Waals surface area (Å²) in [4.78, 5) is 7.02. The molecule has 0 unspecified atom stereocenters. The van der Waals surface area contributed by atoms with E-state index in [9.17, 15) is 0 Å². The van der Waals surface area contributed by atoms with Crippen LogP contribution in [0.15, 0.2) is 73.7 Å². The number of aryl methyl sites for hydroxylation is 1. The van der Waals surface area contributed by atoms with Crippen LogP contribution in [-0.2, 0) is 0 Å². The zero-order valence-corrected chi connectivity index (χ0v) is 23.3. The molecule has 1 aliphatic carbocycles. The molecule has 8 heteroatoms. The Balaban J connectivity index is 2.16. The third-order valence-corrected chi connectivity index (χ3v) is 7.18. The van der Waals surface area contributed by atoms with Crippen molar-refractivity contribution in [1.82, 2.24) is 0 Å². The molecule has 0 saturated carbocycles. The number of guanidine groups is 1. The van der Waals surface area contributed by atoms with Crippen molar-refractivity contribution < 1.29 is 0 Å². The molecule has 0 aromatic heterocycles. The van der Waals surface area contributed by atoms with Crippen LogP contribution in [0.1, 0.15) is 50.2 Å². The Labute approximate surface area is 224 Å². The zero-order valence-electron chi connectivity index (χ0n) is 20.8. The summed E-state index contributed by atoms with van der Waals surface area (Å²) < 4.78 is 0. The van der Waals surface area contributed by atoms with E-state index in [1.165, 1.54) is 24.8 Å². The highest BCUT2D eigenvalue weighted by molar-refractivity contribution is 8.08. The number of hydrogen-bond donors (Lipinski definition) is 5. The first kappa shape index (κ1) is 28.9. The number of hydrogen-bond acceptors (Lipinski definition) is 5. The molecule has 1 aromatic carbocycles. The van der Waals surface area contributed by atoms with E-state index in [1.54, 1.807) is 23.5 Å². The first-order valence-electron chi connectivity index (χ1n) is 11.8. The van der Waals surface area contributed by atoms with Gasteiger partial charge in [0.1, 0.15) is 5.84 Å². The highest BCUT2D eigenvalue weighted by atomic mass is 32.2. The number of thioether (sulfide) groups is 2. The lowest BCUT2D eigenvalue weighted by Gasteiger charge is -2.12. The topological polar surface area (TPSA) is 100 Å². The maximum atomic E-state index is 7.60. The molecule has 0 bridgehead atoms. The van der Waals surface area contributed by atoms with Gasteiger partial charge in [-0.25, -0.2) is 0 Å². The van der Waals surface area contributed by atoms with E-state index in [0.29, 0.717) is 10.9 Å². The van der Waals surface area contributed by atoms with Crippen LogP contribution in [-0.4, -0.2) is 24.6 Å². The second-order valence-corrected chi connectivity index (χ2v) is 10.5. The van der Waals surface area contributed by atoms with Crippen LogP contribution in [0.25, 0.3) is 5.57 Å². The number of unbranched alkanes of at least 4 members (excludes halogenated alkanes) is 3. The zero-order chi connectivity index (χ0) is 25.6. The van der Waals surface area contributed by atoms with Crippen LogP contribution in [0.5, 0.6) is 0 Å². The summed E-state index contributed by atoms with van der Waals surface area (Å²) in [5.74, 6) is 0.416. The largest absolute Gasteiger partial charge is 0.383 e. The lowest BCUT2D eigenvalue weighted by molar-refractivity contribution is 0.675. The minimum atomic E-state index is -0.0415. The predicted octanol–water partition coefficient (Wildman–Crippen LogP) is 7.22. The van der Waals surface area contributed by atoms with Gasteiger partial charge in [0.2, 0.25) is 0 Å². The molecule has 0 aliphatic heterocycles. The minimum absolute atomic E-state index is 0.0415. The fourth-order valence-electron chi connectivity index (χ4n) is 3.42. The molecule has 0 heterocycles. The summed E-state index contributed by atoms with van der Waals surface area (Å²) in [5.41, 5.74) is 16.1. The molecule has 0 radical (unpaired) electrons. The molecule has 1 aliphatic rings. The van der Waals surface area contributed by atoms with Gasteiger partial charge in [-0.05, 0) is 72.4 Å². The van der Waals surface area contributed by atoms with Crippen molar-refractivity contribution in [1.29, 1.82) is 5.41 Å². The first-order chi connectivity index (χ1) is 16.8. The number of nitrogens with one attached hydrogen (secondary N) is 2. The van der Waals surface area contributed by atoms with Crippen molar-refractivity contribution >= 4 is 59.2 Å². The Hall–Kier alpha value is -2.29. The number of nitrogens with zero attached hydrogens (tertiary/aromatic N) is 1. The molecule has 0 amide bonds. The number of benzene rings is 1. The van der Waals surface area contributed by atoms with Gasteiger partial charge in [0.15, 0.2) is 5.96 Å². The monoisotopic (exact) mass is 527 g/mol. The van der Waals surface area contributed by atoms with Gasteiger partial charge in [0, 0.05) is 26.9 Å². The Bertz CT molecular complexity index is 1060. The van der Waals surface area contributed by atoms with Crippen LogP contribution in [0.2, 0.25) is 0 Å². The Morgan fingerprint density at radius 1 is 1.26 bits per heavy atom. The summed E-state index contributed by atoms with van der Waals surface area (Å²) in [5, 5.41) is 12.9. The Kier molecular flexibility index (Phi) is 12.9. The van der Waals surface area contributed by atoms with Crippen LogP contribution < -0.4 is 16.8 Å². The quantitative estimate of drug-likeness (QED) is 0.0650. The number of amidine groups is 1. The Morgan fingerprint density at radius 3 is 2.74 bits per heavy atom. The van der Waals surface area contributed by atoms with Gasteiger partial charge in [-0.2, -0.15) is 0 Å². The maximum absolute atomic E-state index is 7.60. The molecule has 1 aromatic rings. The SMILES string of the molecule is CCCCCCN=C(N)Nc1ccc(C2=CC(SC(=C\SC)/C=C(\S)C(=N)N)=CCC=C2)c(C)c1. The second-order valence-electron chi connectivity index (χ2n) is 8.13. The van der Waals surface area contributed by atoms with E-state index in [4.69, 9.17) is 16.9 Å². The first-order valence-corrected chi connectivity index (χ1v) is 14.3. The Morgan fingerprint density at radius 2 is 2.06 bits per heavy atom. The summed E-state index contributed by atoms with van der Waals surface area (Å²) in [7, 11) is 0. The normalized spacial score (nSPS) is 14.9. The van der Waals surface area contributed by atoms with Crippen molar-refractivity contribution in [2.75, 3.05) is 18.1 Å². The molecule has 5 nitrogen and oxygen atoms in total. The third kappa shape index (κ3) is 10.5. The number of allylic oxidation sites excluding steroid dienone is 6. The van der Waals surface area contributed by atoms with E-state index < -0.39 is 0 Å². The van der Waals surface area contributed by atoms with E-state index in [2.05, 4.69) is 73.2 Å². The summed E-state index contributed by atoms with van der Waals surface area (Å²) in [6.45, 7) is 5.06. The number of aliphatic imine (C=N–C) groups is 1. The van der Waals surface area contributed by atoms with Gasteiger partial charge in [0.05, 0.1) is 0 Å². The van der Waals surface area contributed by atoms with Crippen molar-refractivity contribution in [2.45, 2.75) is 46.0 Å². The standard InChI is InChI=1S/C27H37N5S3/c1-4-5-6-9-14-31-27(30)32-21-12-13-24(19(2)15-21)20-10-7-8-11-22(16-20)35-23(18-34-3)17-25(33)26(28)29/h7,10-13,15-18,33H,4-6,8-9,14H2,1-3H3,(H3,28,29)(H3,30,31,32)/b23-18-,25-17-. The molecule has 0 saturated heterocycles. The van der Waals surface area contributed by atoms with Crippen molar-refractivity contribution in [2.24, 2.45) is 16.5 Å². The maximum Gasteiger partial charge on any atom is 0.193 e. The smallest absolute Gasteiger partial charge is 0.193 e. The number of rotatable bonds is 12. The molecular weight excluding hydrogens is 491 g/mol. The number of thiol groups is 1. The fourth-order valence-corrected chi connectivity index (χ4v) is 5.24. The van der Waals surface area contributed by atoms with Crippen LogP contribution >= 0.6 is 36.2 Å². The van der Waals surface area contributed by atoms with Crippen LogP contribution in [0, 0.1) is 12.3 Å². The summed E-state index contributed by atoms with van der Waals surface area (Å²) in [6.07, 6.45) is 18.1. The minimum Gasteiger partial charge on any atom is -0.383 e. The van der Waals surface area contributed by atoms with Gasteiger partial charge in [-0.3, -0.25) is 10.4 Å². The highest BCUT2D eigenvalue weighted by Gasteiger charge is 2.10. The van der Waals surface area contributed by atoms with E-state index in [-0.39, 0.29) is 5.84 Å². The van der Waals surface area contributed by atoms with Crippen molar-refractivity contribution in [3.8, 4) is 0 Å². The summed E-state index contributed by atoms with van der Waals surface area (Å²) in [6, 6.07) is 6.27. The second kappa shape index (κ2) is 15.7. The lowest BCUT2D eigenvalue weighted by Crippen LogP contribution is -2.22. The van der Waals surface area contributed by atoms with E-state index >= 15 is 0 Å². The van der Waals surface area contributed by atoms with Gasteiger partial charge >= 0.3 is 0 Å². The molecule has 0 atom stereocenters. The lowest BCUT2D eigenvalue weighted by atomic mass is 9.99. The molecule has 2 rings (SSSR count). The molecule has 188 valence electrons. The molecule has 0 fully saturated rings. The molecule has 0 spiro atoms. The van der Waals surface area contributed by atoms with Crippen molar-refractivity contribution in [3.63, 3.8) is 0 Å². The van der Waals surface area contributed by atoms with Crippen molar-refractivity contribution in [3.05, 3.63) is 79.8 Å².